The fourth-order valence-electron chi connectivity index (χ4n) is 2.27. The summed E-state index contributed by atoms with van der Waals surface area (Å²) < 4.78 is 8.93. The molecule has 0 saturated heterocycles. The summed E-state index contributed by atoms with van der Waals surface area (Å²) in [5, 5.41) is 0. The van der Waals surface area contributed by atoms with E-state index in [4.69, 9.17) is 16.3 Å². The third kappa shape index (κ3) is 2.72. The fourth-order valence-corrected chi connectivity index (χ4v) is 2.97. The van der Waals surface area contributed by atoms with Crippen molar-refractivity contribution in [3.05, 3.63) is 34.1 Å². The molecule has 108 valence electrons. The van der Waals surface area contributed by atoms with Crippen LogP contribution in [0.1, 0.15) is 25.2 Å². The SMILES string of the molecule is CC.Cc1nc2n(c1CCl)CCOc1ccc(Br)cc1-2. The van der Waals surface area contributed by atoms with Crippen LogP contribution in [0.5, 0.6) is 5.75 Å². The van der Waals surface area contributed by atoms with Gasteiger partial charge in [-0.15, -0.1) is 11.6 Å². The van der Waals surface area contributed by atoms with E-state index in [1.54, 1.807) is 0 Å². The van der Waals surface area contributed by atoms with Gasteiger partial charge in [0.15, 0.2) is 0 Å². The Kier molecular flexibility index (Phi) is 5.11. The number of aromatic nitrogens is 2. The number of alkyl halides is 1. The van der Waals surface area contributed by atoms with E-state index in [9.17, 15) is 0 Å². The monoisotopic (exact) mass is 356 g/mol. The molecule has 20 heavy (non-hydrogen) atoms. The van der Waals surface area contributed by atoms with Gasteiger partial charge in [-0.05, 0) is 25.1 Å². The van der Waals surface area contributed by atoms with Gasteiger partial charge in [-0.25, -0.2) is 4.98 Å². The van der Waals surface area contributed by atoms with E-state index in [1.165, 1.54) is 0 Å². The lowest BCUT2D eigenvalue weighted by Crippen LogP contribution is -2.08. The maximum atomic E-state index is 6.01. The molecule has 1 aromatic heterocycles. The molecule has 0 amide bonds. The maximum Gasteiger partial charge on any atom is 0.144 e. The average Bonchev–Trinajstić information content (AvgIpc) is 2.68. The molecule has 2 heterocycles. The molecule has 3 nitrogen and oxygen atoms in total. The minimum absolute atomic E-state index is 0.474. The quantitative estimate of drug-likeness (QED) is 0.687. The van der Waals surface area contributed by atoms with Crippen LogP contribution in [0.15, 0.2) is 22.7 Å². The van der Waals surface area contributed by atoms with E-state index in [1.807, 2.05) is 39.0 Å². The Morgan fingerprint density at radius 1 is 1.40 bits per heavy atom. The Balaban J connectivity index is 0.000000704. The van der Waals surface area contributed by atoms with Crippen LogP contribution in [0.2, 0.25) is 0 Å². The predicted octanol–water partition coefficient (Wildman–Crippen LogP) is 4.78. The zero-order valence-corrected chi connectivity index (χ0v) is 14.3. The van der Waals surface area contributed by atoms with E-state index in [0.29, 0.717) is 12.5 Å². The molecular weight excluding hydrogens is 340 g/mol. The number of imidazole rings is 1. The first-order valence-electron chi connectivity index (χ1n) is 6.75. The number of hydrogen-bond acceptors (Lipinski definition) is 2. The molecule has 0 saturated carbocycles. The highest BCUT2D eigenvalue weighted by atomic mass is 79.9. The molecule has 0 bridgehead atoms. The first-order valence-corrected chi connectivity index (χ1v) is 8.08. The van der Waals surface area contributed by atoms with Crippen molar-refractivity contribution in [3.63, 3.8) is 0 Å². The number of benzene rings is 1. The van der Waals surface area contributed by atoms with Gasteiger partial charge in [0.25, 0.3) is 0 Å². The van der Waals surface area contributed by atoms with Crippen molar-refractivity contribution in [2.75, 3.05) is 6.61 Å². The summed E-state index contributed by atoms with van der Waals surface area (Å²) in [6.45, 7) is 7.42. The van der Waals surface area contributed by atoms with Crippen molar-refractivity contribution < 1.29 is 4.74 Å². The van der Waals surface area contributed by atoms with Gasteiger partial charge in [0.05, 0.1) is 29.4 Å². The fraction of sp³-hybridized carbons (Fsp3) is 0.400. The topological polar surface area (TPSA) is 27.1 Å². The third-order valence-electron chi connectivity index (χ3n) is 3.15. The van der Waals surface area contributed by atoms with Crippen LogP contribution >= 0.6 is 27.5 Å². The van der Waals surface area contributed by atoms with Gasteiger partial charge in [-0.3, -0.25) is 0 Å². The third-order valence-corrected chi connectivity index (χ3v) is 3.90. The summed E-state index contributed by atoms with van der Waals surface area (Å²) in [5.41, 5.74) is 3.08. The van der Waals surface area contributed by atoms with E-state index in [-0.39, 0.29) is 0 Å². The number of halogens is 2. The minimum atomic E-state index is 0.474. The normalized spacial score (nSPS) is 12.4. The second-order valence-corrected chi connectivity index (χ2v) is 5.42. The summed E-state index contributed by atoms with van der Waals surface area (Å²) in [4.78, 5) is 4.64. The predicted molar refractivity (Wildman–Crippen MR) is 86.5 cm³/mol. The molecule has 0 atom stereocenters. The van der Waals surface area contributed by atoms with Crippen molar-refractivity contribution >= 4 is 27.5 Å². The molecule has 0 N–H and O–H groups in total. The first kappa shape index (κ1) is 15.4. The van der Waals surface area contributed by atoms with Crippen molar-refractivity contribution in [1.82, 2.24) is 9.55 Å². The first-order chi connectivity index (χ1) is 9.70. The Bertz CT molecular complexity index is 610. The van der Waals surface area contributed by atoms with Gasteiger partial charge in [-0.1, -0.05) is 29.8 Å². The molecule has 1 aromatic carbocycles. The van der Waals surface area contributed by atoms with Gasteiger partial charge in [-0.2, -0.15) is 0 Å². The standard InChI is InChI=1S/C13H12BrClN2O.C2H6/c1-8-11(7-15)17-4-5-18-12-3-2-9(14)6-10(12)13(17)16-8;1-2/h2-3,6H,4-5,7H2,1H3;1-2H3. The van der Waals surface area contributed by atoms with Gasteiger partial charge in [0, 0.05) is 4.47 Å². The number of hydrogen-bond donors (Lipinski definition) is 0. The van der Waals surface area contributed by atoms with Crippen LogP contribution in [0.3, 0.4) is 0 Å². The van der Waals surface area contributed by atoms with Crippen LogP contribution in [-0.2, 0) is 12.4 Å². The lowest BCUT2D eigenvalue weighted by molar-refractivity contribution is 0.305. The molecule has 1 aliphatic heterocycles. The Hall–Kier alpha value is -1.000. The highest BCUT2D eigenvalue weighted by Gasteiger charge is 2.21. The second-order valence-electron chi connectivity index (χ2n) is 4.24. The molecular formula is C15H18BrClN2O. The highest BCUT2D eigenvalue weighted by molar-refractivity contribution is 9.10. The number of nitrogens with zero attached hydrogens (tertiary/aromatic N) is 2. The summed E-state index contributed by atoms with van der Waals surface area (Å²) >= 11 is 9.50. The zero-order valence-electron chi connectivity index (χ0n) is 11.9. The molecule has 3 rings (SSSR count). The molecule has 0 unspecified atom stereocenters. The molecule has 5 heteroatoms. The molecule has 0 fully saturated rings. The van der Waals surface area contributed by atoms with Crippen molar-refractivity contribution in [2.45, 2.75) is 33.2 Å². The smallest absolute Gasteiger partial charge is 0.144 e. The van der Waals surface area contributed by atoms with Gasteiger partial charge < -0.3 is 9.30 Å². The molecule has 0 spiro atoms. The molecule has 2 aromatic rings. The van der Waals surface area contributed by atoms with Crippen LogP contribution in [0.25, 0.3) is 11.4 Å². The van der Waals surface area contributed by atoms with Crippen LogP contribution < -0.4 is 4.74 Å². The Morgan fingerprint density at radius 3 is 2.85 bits per heavy atom. The van der Waals surface area contributed by atoms with E-state index < -0.39 is 0 Å². The molecule has 1 aliphatic rings. The van der Waals surface area contributed by atoms with Crippen molar-refractivity contribution in [3.8, 4) is 17.1 Å². The van der Waals surface area contributed by atoms with Crippen LogP contribution in [0.4, 0.5) is 0 Å². The molecule has 0 radical (unpaired) electrons. The number of rotatable bonds is 1. The largest absolute Gasteiger partial charge is 0.491 e. The average molecular weight is 358 g/mol. The number of fused-ring (bicyclic) bond motifs is 3. The lowest BCUT2D eigenvalue weighted by Gasteiger charge is -2.06. The Labute approximate surface area is 133 Å². The Morgan fingerprint density at radius 2 is 2.15 bits per heavy atom. The van der Waals surface area contributed by atoms with E-state index in [0.717, 1.165) is 39.5 Å². The van der Waals surface area contributed by atoms with E-state index in [2.05, 4.69) is 25.5 Å². The summed E-state index contributed by atoms with van der Waals surface area (Å²) in [6.07, 6.45) is 0. The number of ether oxygens (including phenoxy) is 1. The zero-order chi connectivity index (χ0) is 14.7. The van der Waals surface area contributed by atoms with Crippen LogP contribution in [0, 0.1) is 6.92 Å². The summed E-state index contributed by atoms with van der Waals surface area (Å²) in [7, 11) is 0. The molecule has 0 aliphatic carbocycles. The van der Waals surface area contributed by atoms with Crippen molar-refractivity contribution in [1.29, 1.82) is 0 Å². The van der Waals surface area contributed by atoms with Gasteiger partial charge in [0.2, 0.25) is 0 Å². The summed E-state index contributed by atoms with van der Waals surface area (Å²) in [5.74, 6) is 2.29. The number of aryl methyl sites for hydroxylation is 1. The summed E-state index contributed by atoms with van der Waals surface area (Å²) in [6, 6.07) is 5.99. The minimum Gasteiger partial charge on any atom is -0.491 e. The maximum absolute atomic E-state index is 6.01. The second kappa shape index (κ2) is 6.64. The van der Waals surface area contributed by atoms with Gasteiger partial charge >= 0.3 is 0 Å². The lowest BCUT2D eigenvalue weighted by atomic mass is 10.2. The van der Waals surface area contributed by atoms with Crippen molar-refractivity contribution in [2.24, 2.45) is 0 Å². The van der Waals surface area contributed by atoms with E-state index >= 15 is 0 Å². The highest BCUT2D eigenvalue weighted by Crippen LogP contribution is 2.35. The van der Waals surface area contributed by atoms with Gasteiger partial charge in [0.1, 0.15) is 18.2 Å². The van der Waals surface area contributed by atoms with Crippen LogP contribution in [-0.4, -0.2) is 16.2 Å².